The zero-order valence-corrected chi connectivity index (χ0v) is 16.2. The standard InChI is InChI=1S/C21H18N6S/c1-15-23-20-17-9-5-6-10-18(17)24-21(27(20)25-15)28-14-19-22-11-12-26(19)13-16-7-3-2-4-8-16/h2-12H,13-14H2,1H3. The van der Waals surface area contributed by atoms with Gasteiger partial charge in [0.2, 0.25) is 0 Å². The van der Waals surface area contributed by atoms with Gasteiger partial charge in [-0.25, -0.2) is 15.0 Å². The summed E-state index contributed by atoms with van der Waals surface area (Å²) in [5.74, 6) is 2.46. The second-order valence-corrected chi connectivity index (χ2v) is 7.49. The molecule has 28 heavy (non-hydrogen) atoms. The van der Waals surface area contributed by atoms with Crippen molar-refractivity contribution in [3.63, 3.8) is 0 Å². The third kappa shape index (κ3) is 3.14. The van der Waals surface area contributed by atoms with Crippen molar-refractivity contribution in [1.29, 1.82) is 0 Å². The number of para-hydroxylation sites is 1. The Labute approximate surface area is 166 Å². The predicted molar refractivity (Wildman–Crippen MR) is 110 cm³/mol. The first-order valence-corrected chi connectivity index (χ1v) is 10.1. The Bertz CT molecular complexity index is 1260. The largest absolute Gasteiger partial charge is 0.330 e. The van der Waals surface area contributed by atoms with E-state index in [2.05, 4.69) is 43.9 Å². The van der Waals surface area contributed by atoms with Crippen LogP contribution in [0.1, 0.15) is 17.2 Å². The zero-order valence-electron chi connectivity index (χ0n) is 15.4. The smallest absolute Gasteiger partial charge is 0.191 e. The van der Waals surface area contributed by atoms with E-state index in [1.54, 1.807) is 11.8 Å². The first-order valence-electron chi connectivity index (χ1n) is 9.07. The molecule has 0 N–H and O–H groups in total. The van der Waals surface area contributed by atoms with Crippen molar-refractivity contribution in [1.82, 2.24) is 29.1 Å². The van der Waals surface area contributed by atoms with Gasteiger partial charge >= 0.3 is 0 Å². The van der Waals surface area contributed by atoms with Crippen LogP contribution in [0.15, 0.2) is 72.1 Å². The van der Waals surface area contributed by atoms with Crippen LogP contribution in [0.25, 0.3) is 16.6 Å². The number of imidazole rings is 1. The number of thioether (sulfide) groups is 1. The summed E-state index contributed by atoms with van der Waals surface area (Å²) in [6, 6.07) is 18.5. The molecule has 0 aliphatic rings. The second-order valence-electron chi connectivity index (χ2n) is 6.55. The first-order chi connectivity index (χ1) is 13.8. The van der Waals surface area contributed by atoms with Crippen LogP contribution in [-0.4, -0.2) is 29.1 Å². The molecule has 0 fully saturated rings. The second kappa shape index (κ2) is 7.09. The van der Waals surface area contributed by atoms with Gasteiger partial charge in [-0.2, -0.15) is 4.52 Å². The summed E-state index contributed by atoms with van der Waals surface area (Å²) < 4.78 is 4.01. The Morgan fingerprint density at radius 3 is 2.68 bits per heavy atom. The summed E-state index contributed by atoms with van der Waals surface area (Å²) in [6.45, 7) is 2.71. The van der Waals surface area contributed by atoms with Crippen molar-refractivity contribution in [2.75, 3.05) is 0 Å². The summed E-state index contributed by atoms with van der Waals surface area (Å²) in [7, 11) is 0. The fourth-order valence-corrected chi connectivity index (χ4v) is 4.17. The Kier molecular flexibility index (Phi) is 4.29. The highest BCUT2D eigenvalue weighted by Crippen LogP contribution is 2.26. The minimum absolute atomic E-state index is 0.708. The van der Waals surface area contributed by atoms with E-state index in [0.717, 1.165) is 39.9 Å². The SMILES string of the molecule is Cc1nc2c3ccccc3nc(SCc3nccn3Cc3ccccc3)n2n1. The molecule has 6 nitrogen and oxygen atoms in total. The van der Waals surface area contributed by atoms with Crippen LogP contribution in [0.5, 0.6) is 0 Å². The molecular weight excluding hydrogens is 368 g/mol. The van der Waals surface area contributed by atoms with E-state index in [4.69, 9.17) is 4.98 Å². The molecule has 3 aromatic heterocycles. The summed E-state index contributed by atoms with van der Waals surface area (Å²) in [5.41, 5.74) is 3.03. The van der Waals surface area contributed by atoms with Crippen molar-refractivity contribution in [3.8, 4) is 0 Å². The van der Waals surface area contributed by atoms with Gasteiger partial charge in [0, 0.05) is 24.3 Å². The maximum atomic E-state index is 4.82. The number of benzene rings is 2. The van der Waals surface area contributed by atoms with Gasteiger partial charge in [-0.3, -0.25) is 0 Å². The molecule has 0 aliphatic heterocycles. The molecule has 0 aliphatic carbocycles. The number of fused-ring (bicyclic) bond motifs is 3. The molecule has 0 unspecified atom stereocenters. The molecule has 0 saturated carbocycles. The molecule has 138 valence electrons. The molecule has 5 aromatic rings. The number of aryl methyl sites for hydroxylation is 1. The van der Waals surface area contributed by atoms with E-state index in [1.165, 1.54) is 5.56 Å². The maximum absolute atomic E-state index is 4.82. The van der Waals surface area contributed by atoms with E-state index < -0.39 is 0 Å². The Morgan fingerprint density at radius 2 is 1.79 bits per heavy atom. The lowest BCUT2D eigenvalue weighted by molar-refractivity contribution is 0.753. The van der Waals surface area contributed by atoms with Crippen LogP contribution in [-0.2, 0) is 12.3 Å². The summed E-state index contributed by atoms with van der Waals surface area (Å²) in [5, 5.41) is 6.38. The molecule has 0 saturated heterocycles. The molecule has 2 aromatic carbocycles. The van der Waals surface area contributed by atoms with Gasteiger partial charge in [-0.15, -0.1) is 5.10 Å². The number of hydrogen-bond acceptors (Lipinski definition) is 5. The highest BCUT2D eigenvalue weighted by molar-refractivity contribution is 7.98. The molecule has 7 heteroatoms. The van der Waals surface area contributed by atoms with Crippen molar-refractivity contribution in [2.45, 2.75) is 24.4 Å². The van der Waals surface area contributed by atoms with Crippen LogP contribution >= 0.6 is 11.8 Å². The molecule has 0 atom stereocenters. The third-order valence-corrected chi connectivity index (χ3v) is 5.51. The Balaban J connectivity index is 1.46. The summed E-state index contributed by atoms with van der Waals surface area (Å²) >= 11 is 1.63. The fourth-order valence-electron chi connectivity index (χ4n) is 3.26. The molecule has 0 amide bonds. The average molecular weight is 386 g/mol. The monoisotopic (exact) mass is 386 g/mol. The van der Waals surface area contributed by atoms with Gasteiger partial charge in [-0.05, 0) is 24.6 Å². The summed E-state index contributed by atoms with van der Waals surface area (Å²) in [4.78, 5) is 14.0. The third-order valence-electron chi connectivity index (χ3n) is 4.58. The van der Waals surface area contributed by atoms with Crippen molar-refractivity contribution in [2.24, 2.45) is 0 Å². The van der Waals surface area contributed by atoms with Gasteiger partial charge in [-0.1, -0.05) is 54.2 Å². The van der Waals surface area contributed by atoms with Gasteiger partial charge in [0.05, 0.1) is 11.3 Å². The van der Waals surface area contributed by atoms with Crippen LogP contribution in [0, 0.1) is 6.92 Å². The lowest BCUT2D eigenvalue weighted by Crippen LogP contribution is -2.04. The maximum Gasteiger partial charge on any atom is 0.191 e. The normalized spacial score (nSPS) is 11.5. The van der Waals surface area contributed by atoms with Crippen LogP contribution in [0.3, 0.4) is 0 Å². The quantitative estimate of drug-likeness (QED) is 0.336. The summed E-state index contributed by atoms with van der Waals surface area (Å²) in [6.07, 6.45) is 3.87. The molecule has 5 rings (SSSR count). The average Bonchev–Trinajstić information content (AvgIpc) is 3.33. The molecular formula is C21H18N6S. The minimum atomic E-state index is 0.708. The van der Waals surface area contributed by atoms with E-state index in [1.807, 2.05) is 54.2 Å². The highest BCUT2D eigenvalue weighted by atomic mass is 32.2. The van der Waals surface area contributed by atoms with Gasteiger partial charge in [0.15, 0.2) is 10.8 Å². The minimum Gasteiger partial charge on any atom is -0.330 e. The predicted octanol–water partition coefficient (Wildman–Crippen LogP) is 4.12. The van der Waals surface area contributed by atoms with Crippen molar-refractivity contribution >= 4 is 28.3 Å². The lowest BCUT2D eigenvalue weighted by atomic mass is 10.2. The molecule has 0 bridgehead atoms. The van der Waals surface area contributed by atoms with E-state index in [0.29, 0.717) is 5.75 Å². The first kappa shape index (κ1) is 16.9. The van der Waals surface area contributed by atoms with E-state index in [-0.39, 0.29) is 0 Å². The fraction of sp³-hybridized carbons (Fsp3) is 0.143. The lowest BCUT2D eigenvalue weighted by Gasteiger charge is -2.09. The number of rotatable bonds is 5. The number of nitrogens with zero attached hydrogens (tertiary/aromatic N) is 6. The number of hydrogen-bond donors (Lipinski definition) is 0. The Hall–Kier alpha value is -3.19. The van der Waals surface area contributed by atoms with Gasteiger partial charge in [0.1, 0.15) is 11.6 Å². The van der Waals surface area contributed by atoms with Crippen LogP contribution in [0.2, 0.25) is 0 Å². The topological polar surface area (TPSA) is 60.9 Å². The van der Waals surface area contributed by atoms with Crippen molar-refractivity contribution in [3.05, 3.63) is 84.2 Å². The van der Waals surface area contributed by atoms with E-state index >= 15 is 0 Å². The van der Waals surface area contributed by atoms with Crippen molar-refractivity contribution < 1.29 is 0 Å². The van der Waals surface area contributed by atoms with Crippen LogP contribution < -0.4 is 0 Å². The van der Waals surface area contributed by atoms with E-state index in [9.17, 15) is 0 Å². The number of aromatic nitrogens is 6. The van der Waals surface area contributed by atoms with Gasteiger partial charge in [0.25, 0.3) is 0 Å². The Morgan fingerprint density at radius 1 is 0.964 bits per heavy atom. The molecule has 0 spiro atoms. The molecule has 3 heterocycles. The molecule has 0 radical (unpaired) electrons. The highest BCUT2D eigenvalue weighted by Gasteiger charge is 2.13. The zero-order chi connectivity index (χ0) is 18.9. The van der Waals surface area contributed by atoms with Gasteiger partial charge < -0.3 is 4.57 Å². The van der Waals surface area contributed by atoms with Crippen LogP contribution in [0.4, 0.5) is 0 Å².